The molecule has 94 valence electrons. The molecule has 1 aliphatic rings. The van der Waals surface area contributed by atoms with E-state index in [4.69, 9.17) is 17.3 Å². The highest BCUT2D eigenvalue weighted by Crippen LogP contribution is 2.38. The molecule has 1 aliphatic carbocycles. The van der Waals surface area contributed by atoms with Gasteiger partial charge in [-0.2, -0.15) is 0 Å². The highest BCUT2D eigenvalue weighted by molar-refractivity contribution is 9.10. The van der Waals surface area contributed by atoms with E-state index in [2.05, 4.69) is 28.9 Å². The summed E-state index contributed by atoms with van der Waals surface area (Å²) in [5, 5.41) is 0.754. The minimum Gasteiger partial charge on any atom is -0.324 e. The van der Waals surface area contributed by atoms with E-state index in [1.807, 2.05) is 12.1 Å². The van der Waals surface area contributed by atoms with Crippen molar-refractivity contribution in [2.75, 3.05) is 0 Å². The fourth-order valence-corrected chi connectivity index (χ4v) is 3.78. The van der Waals surface area contributed by atoms with E-state index in [0.29, 0.717) is 5.92 Å². The molecule has 1 saturated carbocycles. The minimum absolute atomic E-state index is 0.129. The zero-order chi connectivity index (χ0) is 12.4. The van der Waals surface area contributed by atoms with Crippen LogP contribution in [0.25, 0.3) is 0 Å². The molecule has 2 N–H and O–H groups in total. The predicted octanol–water partition coefficient (Wildman–Crippen LogP) is 4.93. The largest absolute Gasteiger partial charge is 0.324 e. The maximum atomic E-state index is 6.41. The van der Waals surface area contributed by atoms with E-state index in [-0.39, 0.29) is 6.04 Å². The number of rotatable bonds is 2. The molecule has 3 heteroatoms. The van der Waals surface area contributed by atoms with Crippen molar-refractivity contribution in [2.45, 2.75) is 38.6 Å². The van der Waals surface area contributed by atoms with Gasteiger partial charge in [0, 0.05) is 15.5 Å². The van der Waals surface area contributed by atoms with E-state index >= 15 is 0 Å². The highest BCUT2D eigenvalue weighted by atomic mass is 79.9. The number of benzene rings is 1. The molecule has 1 aromatic carbocycles. The zero-order valence-corrected chi connectivity index (χ0v) is 12.5. The number of hydrogen-bond donors (Lipinski definition) is 1. The van der Waals surface area contributed by atoms with Gasteiger partial charge in [0.2, 0.25) is 0 Å². The fourth-order valence-electron chi connectivity index (χ4n) is 2.83. The van der Waals surface area contributed by atoms with Gasteiger partial charge in [-0.15, -0.1) is 0 Å². The molecule has 1 aromatic rings. The summed E-state index contributed by atoms with van der Waals surface area (Å²) < 4.78 is 1.04. The molecule has 0 aromatic heterocycles. The molecule has 0 heterocycles. The Balaban J connectivity index is 2.15. The van der Waals surface area contributed by atoms with Crippen LogP contribution in [0.1, 0.15) is 44.2 Å². The summed E-state index contributed by atoms with van der Waals surface area (Å²) in [6.45, 7) is 2.33. The minimum atomic E-state index is 0.129. The lowest BCUT2D eigenvalue weighted by Crippen LogP contribution is -2.26. The van der Waals surface area contributed by atoms with Gasteiger partial charge in [0.15, 0.2) is 0 Å². The van der Waals surface area contributed by atoms with Gasteiger partial charge in [-0.05, 0) is 42.4 Å². The van der Waals surface area contributed by atoms with Gasteiger partial charge in [0.1, 0.15) is 0 Å². The van der Waals surface area contributed by atoms with Crippen LogP contribution in [-0.4, -0.2) is 0 Å². The fraction of sp³-hybridized carbons (Fsp3) is 0.571. The predicted molar refractivity (Wildman–Crippen MR) is 77.2 cm³/mol. The van der Waals surface area contributed by atoms with Gasteiger partial charge in [-0.25, -0.2) is 0 Å². The van der Waals surface area contributed by atoms with Crippen molar-refractivity contribution in [3.8, 4) is 0 Å². The Labute approximate surface area is 117 Å². The van der Waals surface area contributed by atoms with E-state index < -0.39 is 0 Å². The Morgan fingerprint density at radius 3 is 2.82 bits per heavy atom. The Hall–Kier alpha value is -0.0500. The molecule has 0 radical (unpaired) electrons. The lowest BCUT2D eigenvalue weighted by atomic mass is 9.77. The standard InChI is InChI=1S/C14H19BrClN/c1-9-3-2-4-10(7-9)14(17)12-6-5-11(16)8-13(12)15/h5-6,8-10,14H,2-4,7,17H2,1H3. The molecule has 2 rings (SSSR count). The maximum absolute atomic E-state index is 6.41. The van der Waals surface area contributed by atoms with Gasteiger partial charge >= 0.3 is 0 Å². The summed E-state index contributed by atoms with van der Waals surface area (Å²) in [6.07, 6.45) is 5.16. The topological polar surface area (TPSA) is 26.0 Å². The first-order valence-electron chi connectivity index (χ1n) is 6.28. The van der Waals surface area contributed by atoms with Crippen molar-refractivity contribution in [1.82, 2.24) is 0 Å². The summed E-state index contributed by atoms with van der Waals surface area (Å²) in [5.41, 5.74) is 7.60. The molecule has 3 atom stereocenters. The second-order valence-corrected chi connectivity index (χ2v) is 6.51. The average molecular weight is 317 g/mol. The first kappa shape index (κ1) is 13.4. The van der Waals surface area contributed by atoms with Gasteiger partial charge in [0.05, 0.1) is 0 Å². The molecule has 1 fully saturated rings. The van der Waals surface area contributed by atoms with Gasteiger partial charge in [-0.3, -0.25) is 0 Å². The number of halogens is 2. The van der Waals surface area contributed by atoms with Crippen molar-refractivity contribution >= 4 is 27.5 Å². The van der Waals surface area contributed by atoms with E-state index in [1.165, 1.54) is 31.2 Å². The number of hydrogen-bond acceptors (Lipinski definition) is 1. The van der Waals surface area contributed by atoms with Gasteiger partial charge in [0.25, 0.3) is 0 Å². The summed E-state index contributed by atoms with van der Waals surface area (Å²) in [4.78, 5) is 0. The smallest absolute Gasteiger partial charge is 0.0417 e. The van der Waals surface area contributed by atoms with E-state index in [9.17, 15) is 0 Å². The third-order valence-electron chi connectivity index (χ3n) is 3.81. The molecule has 17 heavy (non-hydrogen) atoms. The van der Waals surface area contributed by atoms with E-state index in [1.54, 1.807) is 0 Å². The van der Waals surface area contributed by atoms with Crippen molar-refractivity contribution in [2.24, 2.45) is 17.6 Å². The lowest BCUT2D eigenvalue weighted by Gasteiger charge is -2.31. The molecule has 0 spiro atoms. The molecule has 3 unspecified atom stereocenters. The normalized spacial score (nSPS) is 26.8. The van der Waals surface area contributed by atoms with Crippen LogP contribution in [0.15, 0.2) is 22.7 Å². The van der Waals surface area contributed by atoms with Crippen molar-refractivity contribution in [3.05, 3.63) is 33.3 Å². The first-order chi connectivity index (χ1) is 8.08. The lowest BCUT2D eigenvalue weighted by molar-refractivity contribution is 0.247. The summed E-state index contributed by atoms with van der Waals surface area (Å²) in [6, 6.07) is 6.04. The number of nitrogens with two attached hydrogens (primary N) is 1. The summed E-state index contributed by atoms with van der Waals surface area (Å²) >= 11 is 9.52. The third-order valence-corrected chi connectivity index (χ3v) is 4.73. The van der Waals surface area contributed by atoms with Crippen molar-refractivity contribution in [1.29, 1.82) is 0 Å². The maximum Gasteiger partial charge on any atom is 0.0417 e. The molecule has 1 nitrogen and oxygen atoms in total. The monoisotopic (exact) mass is 315 g/mol. The van der Waals surface area contributed by atoms with E-state index in [0.717, 1.165) is 15.4 Å². The van der Waals surface area contributed by atoms with Gasteiger partial charge in [-0.1, -0.05) is 53.4 Å². The second-order valence-electron chi connectivity index (χ2n) is 5.22. The summed E-state index contributed by atoms with van der Waals surface area (Å²) in [7, 11) is 0. The SMILES string of the molecule is CC1CCCC(C(N)c2ccc(Cl)cc2Br)C1. The second kappa shape index (κ2) is 5.73. The Morgan fingerprint density at radius 2 is 2.18 bits per heavy atom. The molecular weight excluding hydrogens is 298 g/mol. The zero-order valence-electron chi connectivity index (χ0n) is 10.1. The van der Waals surface area contributed by atoms with Crippen LogP contribution in [0.5, 0.6) is 0 Å². The Bertz CT molecular complexity index is 394. The van der Waals surface area contributed by atoms with Crippen LogP contribution >= 0.6 is 27.5 Å². The molecule has 0 aliphatic heterocycles. The quantitative estimate of drug-likeness (QED) is 0.822. The molecule has 0 amide bonds. The van der Waals surface area contributed by atoms with Crippen LogP contribution in [0.3, 0.4) is 0 Å². The van der Waals surface area contributed by atoms with Crippen LogP contribution in [0.2, 0.25) is 5.02 Å². The molecule has 0 saturated heterocycles. The van der Waals surface area contributed by atoms with Crippen LogP contribution in [0.4, 0.5) is 0 Å². The highest BCUT2D eigenvalue weighted by Gasteiger charge is 2.26. The average Bonchev–Trinajstić information content (AvgIpc) is 2.28. The van der Waals surface area contributed by atoms with Crippen molar-refractivity contribution in [3.63, 3.8) is 0 Å². The first-order valence-corrected chi connectivity index (χ1v) is 7.45. The third kappa shape index (κ3) is 3.24. The van der Waals surface area contributed by atoms with Gasteiger partial charge < -0.3 is 5.73 Å². The van der Waals surface area contributed by atoms with Crippen LogP contribution in [-0.2, 0) is 0 Å². The van der Waals surface area contributed by atoms with Crippen LogP contribution in [0, 0.1) is 11.8 Å². The molecule has 0 bridgehead atoms. The summed E-state index contributed by atoms with van der Waals surface area (Å²) in [5.74, 6) is 1.42. The van der Waals surface area contributed by atoms with Crippen LogP contribution < -0.4 is 5.73 Å². The van der Waals surface area contributed by atoms with Crippen molar-refractivity contribution < 1.29 is 0 Å². The Morgan fingerprint density at radius 1 is 1.41 bits per heavy atom. The molecular formula is C14H19BrClN. The Kier molecular flexibility index (Phi) is 4.51.